The molecule has 0 saturated carbocycles. The number of nitrogens with one attached hydrogen (secondary N) is 1. The van der Waals surface area contributed by atoms with E-state index in [1.54, 1.807) is 0 Å². The third kappa shape index (κ3) is 3.02. The van der Waals surface area contributed by atoms with Gasteiger partial charge in [0.05, 0.1) is 6.54 Å². The van der Waals surface area contributed by atoms with Crippen molar-refractivity contribution >= 4 is 11.6 Å². The molecule has 0 saturated heterocycles. The zero-order valence-electron chi connectivity index (χ0n) is 12.5. The van der Waals surface area contributed by atoms with Crippen LogP contribution in [-0.4, -0.2) is 24.6 Å². The third-order valence-corrected chi connectivity index (χ3v) is 3.53. The molecule has 1 N–H and O–H groups in total. The van der Waals surface area contributed by atoms with Crippen molar-refractivity contribution in [3.05, 3.63) is 53.3 Å². The molecule has 4 nitrogen and oxygen atoms in total. The number of amides is 1. The van der Waals surface area contributed by atoms with Crippen LogP contribution in [0.15, 0.2) is 36.4 Å². The molecule has 4 heteroatoms. The predicted octanol–water partition coefficient (Wildman–Crippen LogP) is 2.33. The molecule has 0 aliphatic rings. The van der Waals surface area contributed by atoms with E-state index in [1.165, 1.54) is 5.69 Å². The van der Waals surface area contributed by atoms with E-state index in [1.807, 2.05) is 69.4 Å². The van der Waals surface area contributed by atoms with Gasteiger partial charge < -0.3 is 14.8 Å². The van der Waals surface area contributed by atoms with Crippen molar-refractivity contribution in [2.75, 3.05) is 19.0 Å². The molecular weight excluding hydrogens is 250 g/mol. The van der Waals surface area contributed by atoms with E-state index in [0.29, 0.717) is 12.1 Å². The summed E-state index contributed by atoms with van der Waals surface area (Å²) in [5.74, 6) is -0.0486. The van der Waals surface area contributed by atoms with Crippen LogP contribution in [0.1, 0.15) is 21.7 Å². The van der Waals surface area contributed by atoms with Crippen LogP contribution in [0.5, 0.6) is 0 Å². The Labute approximate surface area is 120 Å². The molecule has 0 bridgehead atoms. The SMILES string of the molecule is Cc1ccc(CNC(=O)c2cccc(N(C)C)c2)n1C. The lowest BCUT2D eigenvalue weighted by Crippen LogP contribution is -2.24. The van der Waals surface area contributed by atoms with Gasteiger partial charge in [-0.3, -0.25) is 4.79 Å². The summed E-state index contributed by atoms with van der Waals surface area (Å²) in [6.45, 7) is 2.58. The molecule has 106 valence electrons. The fourth-order valence-corrected chi connectivity index (χ4v) is 2.04. The first kappa shape index (κ1) is 14.2. The maximum Gasteiger partial charge on any atom is 0.251 e. The van der Waals surface area contributed by atoms with Crippen LogP contribution in [0.25, 0.3) is 0 Å². The van der Waals surface area contributed by atoms with E-state index in [9.17, 15) is 4.79 Å². The van der Waals surface area contributed by atoms with Gasteiger partial charge in [-0.15, -0.1) is 0 Å². The summed E-state index contributed by atoms with van der Waals surface area (Å²) in [5.41, 5.74) is 3.98. The molecule has 1 heterocycles. The Bertz CT molecular complexity index is 614. The molecule has 0 aliphatic carbocycles. The highest BCUT2D eigenvalue weighted by molar-refractivity contribution is 5.95. The van der Waals surface area contributed by atoms with Crippen molar-refractivity contribution in [2.45, 2.75) is 13.5 Å². The highest BCUT2D eigenvalue weighted by Crippen LogP contribution is 2.13. The second-order valence-electron chi connectivity index (χ2n) is 5.15. The quantitative estimate of drug-likeness (QED) is 0.926. The summed E-state index contributed by atoms with van der Waals surface area (Å²) in [4.78, 5) is 14.2. The van der Waals surface area contributed by atoms with Crippen molar-refractivity contribution in [3.8, 4) is 0 Å². The van der Waals surface area contributed by atoms with Crippen molar-refractivity contribution in [1.29, 1.82) is 0 Å². The second-order valence-corrected chi connectivity index (χ2v) is 5.15. The van der Waals surface area contributed by atoms with E-state index in [2.05, 4.69) is 9.88 Å². The molecule has 0 fully saturated rings. The van der Waals surface area contributed by atoms with Crippen LogP contribution in [0.4, 0.5) is 5.69 Å². The van der Waals surface area contributed by atoms with Gasteiger partial charge in [0.1, 0.15) is 0 Å². The van der Waals surface area contributed by atoms with Crippen LogP contribution in [-0.2, 0) is 13.6 Å². The Morgan fingerprint density at radius 3 is 2.60 bits per heavy atom. The average molecular weight is 271 g/mol. The summed E-state index contributed by atoms with van der Waals surface area (Å²) in [6, 6.07) is 11.7. The third-order valence-electron chi connectivity index (χ3n) is 3.53. The van der Waals surface area contributed by atoms with Gasteiger partial charge in [0.25, 0.3) is 5.91 Å². The molecule has 1 amide bonds. The Kier molecular flexibility index (Phi) is 4.13. The van der Waals surface area contributed by atoms with E-state index in [0.717, 1.165) is 11.4 Å². The predicted molar refractivity (Wildman–Crippen MR) is 82.1 cm³/mol. The second kappa shape index (κ2) is 5.82. The number of carbonyl (C=O) groups excluding carboxylic acids is 1. The van der Waals surface area contributed by atoms with Gasteiger partial charge >= 0.3 is 0 Å². The highest BCUT2D eigenvalue weighted by atomic mass is 16.1. The van der Waals surface area contributed by atoms with Crippen LogP contribution < -0.4 is 10.2 Å². The normalized spacial score (nSPS) is 10.4. The maximum atomic E-state index is 12.2. The number of rotatable bonds is 4. The summed E-state index contributed by atoms with van der Waals surface area (Å²) in [7, 11) is 5.93. The number of aryl methyl sites for hydroxylation is 1. The number of aromatic nitrogens is 1. The first-order valence-corrected chi connectivity index (χ1v) is 6.66. The van der Waals surface area contributed by atoms with E-state index >= 15 is 0 Å². The van der Waals surface area contributed by atoms with E-state index in [4.69, 9.17) is 0 Å². The first-order valence-electron chi connectivity index (χ1n) is 6.66. The van der Waals surface area contributed by atoms with E-state index in [-0.39, 0.29) is 5.91 Å². The molecular formula is C16H21N3O. The molecule has 0 atom stereocenters. The molecule has 1 aromatic carbocycles. The van der Waals surface area contributed by atoms with Gasteiger partial charge in [0.15, 0.2) is 0 Å². The lowest BCUT2D eigenvalue weighted by molar-refractivity contribution is 0.0950. The molecule has 0 unspecified atom stereocenters. The Morgan fingerprint density at radius 1 is 1.25 bits per heavy atom. The zero-order valence-corrected chi connectivity index (χ0v) is 12.5. The molecule has 20 heavy (non-hydrogen) atoms. The molecule has 0 spiro atoms. The summed E-state index contributed by atoms with van der Waals surface area (Å²) < 4.78 is 2.08. The van der Waals surface area contributed by atoms with Crippen molar-refractivity contribution in [2.24, 2.45) is 7.05 Å². The topological polar surface area (TPSA) is 37.3 Å². The van der Waals surface area contributed by atoms with Gasteiger partial charge in [0.2, 0.25) is 0 Å². The van der Waals surface area contributed by atoms with Crippen LogP contribution >= 0.6 is 0 Å². The van der Waals surface area contributed by atoms with Gasteiger partial charge in [-0.1, -0.05) is 6.07 Å². The molecule has 0 radical (unpaired) electrons. The first-order chi connectivity index (χ1) is 9.49. The number of benzene rings is 1. The Balaban J connectivity index is 2.05. The lowest BCUT2D eigenvalue weighted by atomic mass is 10.2. The number of hydrogen-bond acceptors (Lipinski definition) is 2. The van der Waals surface area contributed by atoms with E-state index < -0.39 is 0 Å². The number of anilines is 1. The van der Waals surface area contributed by atoms with Gasteiger partial charge in [-0.2, -0.15) is 0 Å². The smallest absolute Gasteiger partial charge is 0.251 e. The standard InChI is InChI=1S/C16H21N3O/c1-12-8-9-15(19(12)4)11-17-16(20)13-6-5-7-14(10-13)18(2)3/h5-10H,11H2,1-4H3,(H,17,20). The molecule has 2 aromatic rings. The fraction of sp³-hybridized carbons (Fsp3) is 0.312. The number of carbonyl (C=O) groups is 1. The van der Waals surface area contributed by atoms with Gasteiger partial charge in [-0.05, 0) is 37.3 Å². The van der Waals surface area contributed by atoms with Crippen molar-refractivity contribution in [1.82, 2.24) is 9.88 Å². The minimum atomic E-state index is -0.0486. The van der Waals surface area contributed by atoms with Crippen LogP contribution in [0.2, 0.25) is 0 Å². The highest BCUT2D eigenvalue weighted by Gasteiger charge is 2.08. The van der Waals surface area contributed by atoms with Crippen molar-refractivity contribution in [3.63, 3.8) is 0 Å². The summed E-state index contributed by atoms with van der Waals surface area (Å²) >= 11 is 0. The van der Waals surface area contributed by atoms with Gasteiger partial charge in [-0.25, -0.2) is 0 Å². The van der Waals surface area contributed by atoms with Crippen LogP contribution in [0.3, 0.4) is 0 Å². The van der Waals surface area contributed by atoms with Crippen molar-refractivity contribution < 1.29 is 4.79 Å². The average Bonchev–Trinajstić information content (AvgIpc) is 2.76. The molecule has 0 aliphatic heterocycles. The summed E-state index contributed by atoms with van der Waals surface area (Å²) in [5, 5.41) is 2.96. The Morgan fingerprint density at radius 2 is 2.00 bits per heavy atom. The zero-order chi connectivity index (χ0) is 14.7. The fourth-order valence-electron chi connectivity index (χ4n) is 2.04. The monoisotopic (exact) mass is 271 g/mol. The van der Waals surface area contributed by atoms with Crippen LogP contribution in [0, 0.1) is 6.92 Å². The lowest BCUT2D eigenvalue weighted by Gasteiger charge is -2.13. The molecule has 2 rings (SSSR count). The Hall–Kier alpha value is -2.23. The summed E-state index contributed by atoms with van der Waals surface area (Å²) in [6.07, 6.45) is 0. The molecule has 1 aromatic heterocycles. The maximum absolute atomic E-state index is 12.2. The minimum Gasteiger partial charge on any atom is -0.378 e. The number of nitrogens with zero attached hydrogens (tertiary/aromatic N) is 2. The number of hydrogen-bond donors (Lipinski definition) is 1. The van der Waals surface area contributed by atoms with Gasteiger partial charge in [0, 0.05) is 43.8 Å². The largest absolute Gasteiger partial charge is 0.378 e. The minimum absolute atomic E-state index is 0.0486.